The molecule has 20 heavy (non-hydrogen) atoms. The maximum absolute atomic E-state index is 4.36. The molecule has 5 heteroatoms. The molecule has 2 fully saturated rings. The van der Waals surface area contributed by atoms with E-state index >= 15 is 0 Å². The van der Waals surface area contributed by atoms with Crippen molar-refractivity contribution in [1.29, 1.82) is 0 Å². The summed E-state index contributed by atoms with van der Waals surface area (Å²) in [5, 5.41) is 11.8. The van der Waals surface area contributed by atoms with E-state index < -0.39 is 0 Å². The SMILES string of the molecule is Cn1cnc(CNC2CCCCC2C2CCCCN2)n1. The van der Waals surface area contributed by atoms with Crippen molar-refractivity contribution in [2.45, 2.75) is 63.6 Å². The highest BCUT2D eigenvalue weighted by Crippen LogP contribution is 2.30. The van der Waals surface area contributed by atoms with Gasteiger partial charge in [0.2, 0.25) is 0 Å². The van der Waals surface area contributed by atoms with Crippen molar-refractivity contribution in [2.24, 2.45) is 13.0 Å². The number of rotatable bonds is 4. The van der Waals surface area contributed by atoms with Crippen molar-refractivity contribution in [1.82, 2.24) is 25.4 Å². The van der Waals surface area contributed by atoms with Crippen molar-refractivity contribution in [3.05, 3.63) is 12.2 Å². The molecular formula is C15H27N5. The molecule has 112 valence electrons. The standard InChI is InChI=1S/C15H27N5/c1-20-11-18-15(19-20)10-17-14-7-3-2-6-12(14)13-8-4-5-9-16-13/h11-14,16-17H,2-10H2,1H3. The zero-order valence-electron chi connectivity index (χ0n) is 12.5. The molecule has 1 aromatic rings. The molecule has 3 atom stereocenters. The Labute approximate surface area is 121 Å². The maximum Gasteiger partial charge on any atom is 0.164 e. The molecule has 0 aromatic carbocycles. The van der Waals surface area contributed by atoms with Gasteiger partial charge in [0.05, 0.1) is 6.54 Å². The highest BCUT2D eigenvalue weighted by molar-refractivity contribution is 4.92. The van der Waals surface area contributed by atoms with Gasteiger partial charge in [0.15, 0.2) is 5.82 Å². The predicted octanol–water partition coefficient (Wildman–Crippen LogP) is 1.61. The van der Waals surface area contributed by atoms with Crippen LogP contribution in [0.2, 0.25) is 0 Å². The van der Waals surface area contributed by atoms with Gasteiger partial charge in [-0.3, -0.25) is 4.68 Å². The van der Waals surface area contributed by atoms with Crippen LogP contribution in [0.5, 0.6) is 0 Å². The number of nitrogens with one attached hydrogen (secondary N) is 2. The molecule has 3 rings (SSSR count). The lowest BCUT2D eigenvalue weighted by molar-refractivity contribution is 0.180. The molecular weight excluding hydrogens is 250 g/mol. The first-order chi connectivity index (χ1) is 9.83. The van der Waals surface area contributed by atoms with E-state index in [1.807, 2.05) is 7.05 Å². The van der Waals surface area contributed by atoms with E-state index in [0.29, 0.717) is 6.04 Å². The first kappa shape index (κ1) is 14.0. The van der Waals surface area contributed by atoms with Crippen molar-refractivity contribution in [3.63, 3.8) is 0 Å². The molecule has 1 saturated heterocycles. The van der Waals surface area contributed by atoms with Crippen LogP contribution >= 0.6 is 0 Å². The van der Waals surface area contributed by atoms with E-state index in [0.717, 1.165) is 24.3 Å². The lowest BCUT2D eigenvalue weighted by atomic mass is 9.77. The van der Waals surface area contributed by atoms with Gasteiger partial charge in [-0.1, -0.05) is 19.3 Å². The first-order valence-electron chi connectivity index (χ1n) is 8.14. The number of nitrogens with zero attached hydrogens (tertiary/aromatic N) is 3. The van der Waals surface area contributed by atoms with Gasteiger partial charge in [-0.2, -0.15) is 5.10 Å². The van der Waals surface area contributed by atoms with Gasteiger partial charge in [-0.05, 0) is 38.1 Å². The fourth-order valence-electron chi connectivity index (χ4n) is 3.83. The molecule has 3 unspecified atom stereocenters. The summed E-state index contributed by atoms with van der Waals surface area (Å²) in [5.41, 5.74) is 0. The maximum atomic E-state index is 4.36. The van der Waals surface area contributed by atoms with Gasteiger partial charge in [-0.25, -0.2) is 4.98 Å². The number of aryl methyl sites for hydroxylation is 1. The van der Waals surface area contributed by atoms with E-state index in [1.165, 1.54) is 51.5 Å². The molecule has 0 bridgehead atoms. The predicted molar refractivity (Wildman–Crippen MR) is 79.2 cm³/mol. The Morgan fingerprint density at radius 3 is 2.85 bits per heavy atom. The molecule has 1 aliphatic carbocycles. The minimum absolute atomic E-state index is 0.628. The quantitative estimate of drug-likeness (QED) is 0.878. The minimum Gasteiger partial charge on any atom is -0.314 e. The third-order valence-electron chi connectivity index (χ3n) is 4.85. The summed E-state index contributed by atoms with van der Waals surface area (Å²) < 4.78 is 1.78. The molecule has 5 nitrogen and oxygen atoms in total. The van der Waals surface area contributed by atoms with Crippen LogP contribution in [0.25, 0.3) is 0 Å². The van der Waals surface area contributed by atoms with E-state index in [1.54, 1.807) is 11.0 Å². The topological polar surface area (TPSA) is 54.8 Å². The van der Waals surface area contributed by atoms with Crippen LogP contribution in [-0.4, -0.2) is 33.4 Å². The largest absolute Gasteiger partial charge is 0.314 e. The van der Waals surface area contributed by atoms with Crippen molar-refractivity contribution >= 4 is 0 Å². The monoisotopic (exact) mass is 277 g/mol. The molecule has 0 radical (unpaired) electrons. The van der Waals surface area contributed by atoms with Gasteiger partial charge in [-0.15, -0.1) is 0 Å². The Morgan fingerprint density at radius 2 is 2.10 bits per heavy atom. The van der Waals surface area contributed by atoms with Gasteiger partial charge in [0, 0.05) is 19.1 Å². The zero-order chi connectivity index (χ0) is 13.8. The summed E-state index contributed by atoms with van der Waals surface area (Å²) in [5.74, 6) is 1.70. The Morgan fingerprint density at radius 1 is 1.25 bits per heavy atom. The number of aromatic nitrogens is 3. The lowest BCUT2D eigenvalue weighted by Crippen LogP contribution is -2.50. The van der Waals surface area contributed by atoms with Crippen LogP contribution in [0.3, 0.4) is 0 Å². The molecule has 2 heterocycles. The lowest BCUT2D eigenvalue weighted by Gasteiger charge is -2.39. The summed E-state index contributed by atoms with van der Waals surface area (Å²) in [4.78, 5) is 4.31. The third-order valence-corrected chi connectivity index (χ3v) is 4.85. The molecule has 1 aromatic heterocycles. The normalized spacial score (nSPS) is 31.4. The average molecular weight is 277 g/mol. The van der Waals surface area contributed by atoms with Crippen LogP contribution in [0.1, 0.15) is 50.8 Å². The van der Waals surface area contributed by atoms with Gasteiger partial charge >= 0.3 is 0 Å². The Kier molecular flexibility index (Phi) is 4.68. The van der Waals surface area contributed by atoms with Crippen LogP contribution in [0, 0.1) is 5.92 Å². The molecule has 2 N–H and O–H groups in total. The van der Waals surface area contributed by atoms with Gasteiger partial charge in [0.25, 0.3) is 0 Å². The number of hydrogen-bond acceptors (Lipinski definition) is 4. The van der Waals surface area contributed by atoms with Gasteiger partial charge in [0.1, 0.15) is 6.33 Å². The van der Waals surface area contributed by atoms with E-state index in [2.05, 4.69) is 20.7 Å². The summed E-state index contributed by atoms with van der Waals surface area (Å²) in [6.07, 6.45) is 11.3. The molecule has 1 saturated carbocycles. The molecule has 0 amide bonds. The second-order valence-corrected chi connectivity index (χ2v) is 6.33. The summed E-state index contributed by atoms with van der Waals surface area (Å²) >= 11 is 0. The second kappa shape index (κ2) is 6.68. The smallest absolute Gasteiger partial charge is 0.164 e. The zero-order valence-corrected chi connectivity index (χ0v) is 12.5. The summed E-state index contributed by atoms with van der Waals surface area (Å²) in [6, 6.07) is 1.35. The Hall–Kier alpha value is -0.940. The van der Waals surface area contributed by atoms with E-state index in [4.69, 9.17) is 0 Å². The summed E-state index contributed by atoms with van der Waals surface area (Å²) in [6.45, 7) is 2.00. The van der Waals surface area contributed by atoms with E-state index in [9.17, 15) is 0 Å². The highest BCUT2D eigenvalue weighted by Gasteiger charge is 2.32. The summed E-state index contributed by atoms with van der Waals surface area (Å²) in [7, 11) is 1.92. The number of piperidine rings is 1. The molecule has 1 aliphatic heterocycles. The first-order valence-corrected chi connectivity index (χ1v) is 8.14. The molecule has 0 spiro atoms. The van der Waals surface area contributed by atoms with Crippen LogP contribution in [-0.2, 0) is 13.6 Å². The minimum atomic E-state index is 0.628. The average Bonchev–Trinajstić information content (AvgIpc) is 2.92. The van der Waals surface area contributed by atoms with Crippen molar-refractivity contribution < 1.29 is 0 Å². The second-order valence-electron chi connectivity index (χ2n) is 6.33. The van der Waals surface area contributed by atoms with Gasteiger partial charge < -0.3 is 10.6 Å². The van der Waals surface area contributed by atoms with Crippen LogP contribution in [0.15, 0.2) is 6.33 Å². The van der Waals surface area contributed by atoms with Crippen molar-refractivity contribution in [2.75, 3.05) is 6.54 Å². The van der Waals surface area contributed by atoms with Crippen molar-refractivity contribution in [3.8, 4) is 0 Å². The Bertz CT molecular complexity index is 410. The van der Waals surface area contributed by atoms with E-state index in [-0.39, 0.29) is 0 Å². The molecule has 2 aliphatic rings. The highest BCUT2D eigenvalue weighted by atomic mass is 15.3. The Balaban J connectivity index is 1.57. The fourth-order valence-corrected chi connectivity index (χ4v) is 3.83. The van der Waals surface area contributed by atoms with Crippen LogP contribution < -0.4 is 10.6 Å². The number of hydrogen-bond donors (Lipinski definition) is 2. The third kappa shape index (κ3) is 3.38. The fraction of sp³-hybridized carbons (Fsp3) is 0.867. The van der Waals surface area contributed by atoms with Crippen LogP contribution in [0.4, 0.5) is 0 Å².